The van der Waals surface area contributed by atoms with Crippen LogP contribution in [-0.2, 0) is 0 Å². The maximum Gasteiger partial charge on any atom is 0.145 e. The summed E-state index contributed by atoms with van der Waals surface area (Å²) < 4.78 is 25.2. The first-order valence-corrected chi connectivity index (χ1v) is 15.9. The second kappa shape index (κ2) is 9.93. The predicted molar refractivity (Wildman–Crippen MR) is 193 cm³/mol. The predicted octanol–water partition coefficient (Wildman–Crippen LogP) is 11.5. The molecule has 0 amide bonds. The molecule has 3 aromatic heterocycles. The van der Waals surface area contributed by atoms with Crippen LogP contribution in [0.3, 0.4) is 0 Å². The number of fused-ring (bicyclic) bond motifs is 10. The van der Waals surface area contributed by atoms with Crippen molar-refractivity contribution in [2.24, 2.45) is 0 Å². The number of nitriles is 1. The van der Waals surface area contributed by atoms with Crippen molar-refractivity contribution < 1.29 is 8.81 Å². The molecule has 0 radical (unpaired) electrons. The van der Waals surface area contributed by atoms with Crippen LogP contribution in [0.4, 0.5) is 4.39 Å². The van der Waals surface area contributed by atoms with E-state index in [4.69, 9.17) is 4.42 Å². The van der Waals surface area contributed by atoms with E-state index in [2.05, 4.69) is 81.9 Å². The van der Waals surface area contributed by atoms with Gasteiger partial charge in [0.15, 0.2) is 0 Å². The molecule has 0 spiro atoms. The molecule has 0 atom stereocenters. The number of hydrogen-bond acceptors (Lipinski definition) is 2. The summed E-state index contributed by atoms with van der Waals surface area (Å²) in [6, 6.07) is 50.5. The molecule has 0 saturated heterocycles. The molecule has 224 valence electrons. The van der Waals surface area contributed by atoms with Gasteiger partial charge in [-0.1, -0.05) is 78.9 Å². The van der Waals surface area contributed by atoms with Gasteiger partial charge in [-0.25, -0.2) is 4.39 Å². The van der Waals surface area contributed by atoms with Crippen molar-refractivity contribution in [1.29, 1.82) is 5.26 Å². The van der Waals surface area contributed by atoms with Gasteiger partial charge in [0.2, 0.25) is 0 Å². The molecule has 5 heteroatoms. The zero-order valence-corrected chi connectivity index (χ0v) is 25.5. The van der Waals surface area contributed by atoms with Crippen LogP contribution >= 0.6 is 0 Å². The van der Waals surface area contributed by atoms with Crippen molar-refractivity contribution in [3.63, 3.8) is 0 Å². The topological polar surface area (TPSA) is 46.8 Å². The third-order valence-electron chi connectivity index (χ3n) is 9.63. The molecule has 0 aliphatic carbocycles. The van der Waals surface area contributed by atoms with Gasteiger partial charge >= 0.3 is 0 Å². The maximum absolute atomic E-state index is 14.3. The van der Waals surface area contributed by atoms with Crippen LogP contribution < -0.4 is 0 Å². The number of halogens is 1. The summed E-state index contributed by atoms with van der Waals surface area (Å²) in [7, 11) is 0. The van der Waals surface area contributed by atoms with Gasteiger partial charge in [0.1, 0.15) is 23.1 Å². The Hall–Kier alpha value is -6.64. The Morgan fingerprint density at radius 1 is 0.542 bits per heavy atom. The zero-order chi connectivity index (χ0) is 31.9. The number of furan rings is 1. The molecule has 4 nitrogen and oxygen atoms in total. The summed E-state index contributed by atoms with van der Waals surface area (Å²) in [6.45, 7) is 0. The fourth-order valence-corrected chi connectivity index (χ4v) is 7.60. The van der Waals surface area contributed by atoms with Gasteiger partial charge in [0.25, 0.3) is 0 Å². The average Bonchev–Trinajstić information content (AvgIpc) is 3.79. The molecule has 0 aliphatic rings. The van der Waals surface area contributed by atoms with Crippen LogP contribution in [0.15, 0.2) is 150 Å². The molecule has 0 fully saturated rings. The third kappa shape index (κ3) is 3.63. The number of hydrogen-bond donors (Lipinski definition) is 0. The second-order valence-corrected chi connectivity index (χ2v) is 12.2. The Labute approximate surface area is 273 Å². The number of para-hydroxylation sites is 4. The Morgan fingerprint density at radius 3 is 2.04 bits per heavy atom. The van der Waals surface area contributed by atoms with Crippen molar-refractivity contribution in [2.45, 2.75) is 0 Å². The summed E-state index contributed by atoms with van der Waals surface area (Å²) in [6.07, 6.45) is 0. The van der Waals surface area contributed by atoms with Crippen LogP contribution in [0, 0.1) is 17.1 Å². The molecule has 7 aromatic carbocycles. The van der Waals surface area contributed by atoms with E-state index >= 15 is 0 Å². The van der Waals surface area contributed by atoms with E-state index in [9.17, 15) is 9.65 Å². The maximum atomic E-state index is 14.3. The number of rotatable bonds is 3. The molecule has 0 aliphatic heterocycles. The summed E-state index contributed by atoms with van der Waals surface area (Å²) >= 11 is 0. The van der Waals surface area contributed by atoms with Gasteiger partial charge in [-0.3, -0.25) is 0 Å². The summed E-state index contributed by atoms with van der Waals surface area (Å²) in [4.78, 5) is 0. The molecular formula is C43H24FN3O. The van der Waals surface area contributed by atoms with Crippen molar-refractivity contribution in [1.82, 2.24) is 9.13 Å². The van der Waals surface area contributed by atoms with E-state index in [0.29, 0.717) is 5.56 Å². The molecular weight excluding hydrogens is 593 g/mol. The lowest BCUT2D eigenvalue weighted by Gasteiger charge is -2.16. The van der Waals surface area contributed by atoms with E-state index in [1.54, 1.807) is 6.07 Å². The highest BCUT2D eigenvalue weighted by Crippen LogP contribution is 2.43. The monoisotopic (exact) mass is 617 g/mol. The zero-order valence-electron chi connectivity index (χ0n) is 25.5. The van der Waals surface area contributed by atoms with Crippen molar-refractivity contribution >= 4 is 65.6 Å². The molecule has 10 aromatic rings. The molecule has 0 unspecified atom stereocenters. The number of nitrogens with zero attached hydrogens (tertiary/aromatic N) is 3. The highest BCUT2D eigenvalue weighted by atomic mass is 19.1. The van der Waals surface area contributed by atoms with E-state index in [1.165, 1.54) is 6.07 Å². The quantitative estimate of drug-likeness (QED) is 0.198. The smallest absolute Gasteiger partial charge is 0.145 e. The standard InChI is InChI=1S/C43H24FN3O/c44-28-18-22-38-35(24-28)31-9-1-4-13-36(31)46(38)29-19-16-26(17-20-29)30-12-7-8-27(25-45)42(30)47-37-14-5-2-11-34(37)41-39(47)23-21-33-32-10-3-6-15-40(32)48-43(33)41/h1-24H. The van der Waals surface area contributed by atoms with Crippen LogP contribution in [0.2, 0.25) is 0 Å². The van der Waals surface area contributed by atoms with E-state index in [-0.39, 0.29) is 5.82 Å². The summed E-state index contributed by atoms with van der Waals surface area (Å²) in [5.41, 5.74) is 9.91. The van der Waals surface area contributed by atoms with Crippen LogP contribution in [0.5, 0.6) is 0 Å². The fraction of sp³-hybridized carbons (Fsp3) is 0. The number of benzene rings is 7. The van der Waals surface area contributed by atoms with Crippen molar-refractivity contribution in [3.05, 3.63) is 157 Å². The van der Waals surface area contributed by atoms with Crippen LogP contribution in [-0.4, -0.2) is 9.13 Å². The van der Waals surface area contributed by atoms with Gasteiger partial charge in [0.05, 0.1) is 38.7 Å². The molecule has 48 heavy (non-hydrogen) atoms. The Balaban J connectivity index is 1.21. The van der Waals surface area contributed by atoms with E-state index in [0.717, 1.165) is 88.1 Å². The molecule has 0 N–H and O–H groups in total. The molecule has 0 bridgehead atoms. The first-order valence-electron chi connectivity index (χ1n) is 15.9. The summed E-state index contributed by atoms with van der Waals surface area (Å²) in [5, 5.41) is 16.6. The van der Waals surface area contributed by atoms with Crippen LogP contribution in [0.1, 0.15) is 5.56 Å². The lowest BCUT2D eigenvalue weighted by atomic mass is 9.99. The number of aromatic nitrogens is 2. The summed E-state index contributed by atoms with van der Waals surface area (Å²) in [5.74, 6) is -0.253. The average molecular weight is 618 g/mol. The largest absolute Gasteiger partial charge is 0.455 e. The fourth-order valence-electron chi connectivity index (χ4n) is 7.60. The minimum atomic E-state index is -0.253. The third-order valence-corrected chi connectivity index (χ3v) is 9.63. The minimum absolute atomic E-state index is 0.253. The van der Waals surface area contributed by atoms with Gasteiger partial charge < -0.3 is 13.6 Å². The Morgan fingerprint density at radius 2 is 1.23 bits per heavy atom. The van der Waals surface area contributed by atoms with E-state index < -0.39 is 0 Å². The van der Waals surface area contributed by atoms with Gasteiger partial charge in [-0.2, -0.15) is 5.26 Å². The van der Waals surface area contributed by atoms with Crippen molar-refractivity contribution in [3.8, 4) is 28.6 Å². The van der Waals surface area contributed by atoms with Crippen molar-refractivity contribution in [2.75, 3.05) is 0 Å². The second-order valence-electron chi connectivity index (χ2n) is 12.2. The van der Waals surface area contributed by atoms with Gasteiger partial charge in [-0.15, -0.1) is 0 Å². The molecule has 10 rings (SSSR count). The SMILES string of the molecule is N#Cc1cccc(-c2ccc(-n3c4ccccc4c4cc(F)ccc43)cc2)c1-n1c2ccccc2c2c3oc4ccccc4c3ccc21. The molecule has 0 saturated carbocycles. The minimum Gasteiger partial charge on any atom is -0.455 e. The van der Waals surface area contributed by atoms with E-state index in [1.807, 2.05) is 66.7 Å². The van der Waals surface area contributed by atoms with Gasteiger partial charge in [0, 0.05) is 38.2 Å². The highest BCUT2D eigenvalue weighted by molar-refractivity contribution is 6.24. The normalized spacial score (nSPS) is 11.8. The first-order chi connectivity index (χ1) is 23.7. The van der Waals surface area contributed by atoms with Crippen LogP contribution in [0.25, 0.3) is 88.1 Å². The lowest BCUT2D eigenvalue weighted by molar-refractivity contribution is 0.629. The first kappa shape index (κ1) is 26.6. The van der Waals surface area contributed by atoms with Gasteiger partial charge in [-0.05, 0) is 72.3 Å². The Kier molecular flexibility index (Phi) is 5.49. The Bertz CT molecular complexity index is 2970. The molecule has 3 heterocycles. The lowest BCUT2D eigenvalue weighted by Crippen LogP contribution is -2.01. The highest BCUT2D eigenvalue weighted by Gasteiger charge is 2.22.